The topological polar surface area (TPSA) is 57.9 Å². The second-order valence-electron chi connectivity index (χ2n) is 6.57. The Morgan fingerprint density at radius 2 is 1.92 bits per heavy atom. The van der Waals surface area contributed by atoms with Crippen LogP contribution in [0.15, 0.2) is 54.7 Å². The second-order valence-corrected chi connectivity index (χ2v) is 6.57. The van der Waals surface area contributed by atoms with E-state index in [1.807, 2.05) is 59.9 Å². The summed E-state index contributed by atoms with van der Waals surface area (Å²) in [5.74, 6) is -0.284. The second kappa shape index (κ2) is 6.29. The van der Waals surface area contributed by atoms with Gasteiger partial charge in [-0.15, -0.1) is 0 Å². The van der Waals surface area contributed by atoms with Gasteiger partial charge in [-0.05, 0) is 37.6 Å². The summed E-state index contributed by atoms with van der Waals surface area (Å²) in [5.41, 5.74) is 2.95. The van der Waals surface area contributed by atoms with Gasteiger partial charge in [0.05, 0.1) is 0 Å². The largest absolute Gasteiger partial charge is 0.328 e. The number of pyridine rings is 1. The molecule has 1 aliphatic heterocycles. The fraction of sp³-hybridized carbons (Fsp3) is 0.250. The van der Waals surface area contributed by atoms with Crippen LogP contribution in [0.4, 0.5) is 5.69 Å². The number of fused-ring (bicyclic) bond motifs is 1. The molecule has 1 atom stereocenters. The molecule has 0 unspecified atom stereocenters. The molecular formula is C20H20N4O2. The number of carbonyl (C=O) groups is 2. The van der Waals surface area contributed by atoms with Gasteiger partial charge in [0, 0.05) is 31.2 Å². The molecule has 26 heavy (non-hydrogen) atoms. The van der Waals surface area contributed by atoms with Crippen LogP contribution in [0.1, 0.15) is 22.6 Å². The maximum absolute atomic E-state index is 12.9. The number of hydrogen-bond acceptors (Lipinski definition) is 3. The number of aromatic nitrogens is 2. The lowest BCUT2D eigenvalue weighted by Gasteiger charge is -2.23. The van der Waals surface area contributed by atoms with Crippen molar-refractivity contribution in [1.82, 2.24) is 14.3 Å². The molecule has 1 saturated heterocycles. The Morgan fingerprint density at radius 1 is 1.15 bits per heavy atom. The summed E-state index contributed by atoms with van der Waals surface area (Å²) < 4.78 is 1.88. The minimum absolute atomic E-state index is 0.0491. The molecule has 0 aliphatic carbocycles. The van der Waals surface area contributed by atoms with E-state index in [1.165, 1.54) is 4.90 Å². The molecule has 0 saturated carbocycles. The van der Waals surface area contributed by atoms with Crippen molar-refractivity contribution in [2.24, 2.45) is 0 Å². The lowest BCUT2D eigenvalue weighted by atomic mass is 10.2. The Bertz CT molecular complexity index is 980. The van der Waals surface area contributed by atoms with Crippen LogP contribution < -0.4 is 4.90 Å². The van der Waals surface area contributed by atoms with Crippen molar-refractivity contribution in [2.45, 2.75) is 19.4 Å². The summed E-state index contributed by atoms with van der Waals surface area (Å²) in [6.45, 7) is 2.57. The van der Waals surface area contributed by atoms with Crippen molar-refractivity contribution in [3.8, 4) is 0 Å². The Hall–Kier alpha value is -3.15. The number of rotatable bonds is 3. The van der Waals surface area contributed by atoms with E-state index in [0.29, 0.717) is 18.7 Å². The highest BCUT2D eigenvalue weighted by Gasteiger charge is 2.37. The standard InChI is InChI=1S/C20H20N4O2/c1-14-7-6-10-18-21-16(13-24(14)18)19(25)22(2)17-11-12-23(20(17)26)15-8-4-3-5-9-15/h3-10,13,17H,11-12H2,1-2H3/t17-/m1/s1. The fourth-order valence-electron chi connectivity index (χ4n) is 3.46. The summed E-state index contributed by atoms with van der Waals surface area (Å²) in [7, 11) is 1.68. The Morgan fingerprint density at radius 3 is 2.65 bits per heavy atom. The van der Waals surface area contributed by atoms with Gasteiger partial charge in [0.2, 0.25) is 5.91 Å². The number of aryl methyl sites for hydroxylation is 1. The number of carbonyl (C=O) groups excluding carboxylic acids is 2. The molecule has 4 rings (SSSR count). The zero-order valence-electron chi connectivity index (χ0n) is 14.8. The first-order valence-corrected chi connectivity index (χ1v) is 8.64. The first-order chi connectivity index (χ1) is 12.6. The van der Waals surface area contributed by atoms with Crippen LogP contribution in [0.3, 0.4) is 0 Å². The average Bonchev–Trinajstić information content (AvgIpc) is 3.26. The zero-order chi connectivity index (χ0) is 18.3. The minimum Gasteiger partial charge on any atom is -0.328 e. The van der Waals surface area contributed by atoms with Gasteiger partial charge >= 0.3 is 0 Å². The highest BCUT2D eigenvalue weighted by molar-refractivity contribution is 6.03. The first kappa shape index (κ1) is 16.3. The number of para-hydroxylation sites is 1. The highest BCUT2D eigenvalue weighted by atomic mass is 16.2. The molecule has 3 heterocycles. The summed E-state index contributed by atoms with van der Waals surface area (Å²) in [4.78, 5) is 33.4. The van der Waals surface area contributed by atoms with Crippen molar-refractivity contribution in [3.63, 3.8) is 0 Å². The summed E-state index contributed by atoms with van der Waals surface area (Å²) in [6, 6.07) is 14.8. The number of benzene rings is 1. The predicted octanol–water partition coefficient (Wildman–Crippen LogP) is 2.52. The summed E-state index contributed by atoms with van der Waals surface area (Å²) in [5, 5.41) is 0. The zero-order valence-corrected chi connectivity index (χ0v) is 14.8. The van der Waals surface area contributed by atoms with Crippen molar-refractivity contribution in [3.05, 3.63) is 66.1 Å². The van der Waals surface area contributed by atoms with Crippen molar-refractivity contribution >= 4 is 23.1 Å². The summed E-state index contributed by atoms with van der Waals surface area (Å²) in [6.07, 6.45) is 2.35. The van der Waals surface area contributed by atoms with Crippen LogP contribution in [-0.2, 0) is 4.79 Å². The van der Waals surface area contributed by atoms with Crippen LogP contribution in [0.2, 0.25) is 0 Å². The van der Waals surface area contributed by atoms with Crippen molar-refractivity contribution in [1.29, 1.82) is 0 Å². The van der Waals surface area contributed by atoms with Gasteiger partial charge in [0.25, 0.3) is 5.91 Å². The minimum atomic E-state index is -0.464. The molecule has 0 bridgehead atoms. The number of hydrogen-bond donors (Lipinski definition) is 0. The molecular weight excluding hydrogens is 328 g/mol. The SMILES string of the molecule is Cc1cccc2nc(C(=O)N(C)[C@@H]3CCN(c4ccccc4)C3=O)cn12. The van der Waals surface area contributed by atoms with Gasteiger partial charge in [-0.2, -0.15) is 0 Å². The molecule has 1 aliphatic rings. The van der Waals surface area contributed by atoms with Crippen molar-refractivity contribution in [2.75, 3.05) is 18.5 Å². The predicted molar refractivity (Wildman–Crippen MR) is 99.2 cm³/mol. The van der Waals surface area contributed by atoms with Crippen LogP contribution in [0.5, 0.6) is 0 Å². The monoisotopic (exact) mass is 348 g/mol. The van der Waals surface area contributed by atoms with E-state index in [1.54, 1.807) is 18.1 Å². The lowest BCUT2D eigenvalue weighted by molar-refractivity contribution is -0.120. The van der Waals surface area contributed by atoms with Crippen LogP contribution >= 0.6 is 0 Å². The molecule has 2 amide bonds. The van der Waals surface area contributed by atoms with Gasteiger partial charge in [-0.3, -0.25) is 9.59 Å². The third-order valence-corrected chi connectivity index (χ3v) is 4.95. The lowest BCUT2D eigenvalue weighted by Crippen LogP contribution is -2.43. The maximum Gasteiger partial charge on any atom is 0.274 e. The molecule has 3 aromatic rings. The Labute approximate surface area is 151 Å². The van der Waals surface area contributed by atoms with E-state index in [0.717, 1.165) is 17.0 Å². The van der Waals surface area contributed by atoms with Gasteiger partial charge in [0.15, 0.2) is 0 Å². The van der Waals surface area contributed by atoms with Crippen molar-refractivity contribution < 1.29 is 9.59 Å². The number of nitrogens with zero attached hydrogens (tertiary/aromatic N) is 4. The highest BCUT2D eigenvalue weighted by Crippen LogP contribution is 2.24. The molecule has 6 heteroatoms. The van der Waals surface area contributed by atoms with E-state index >= 15 is 0 Å². The van der Waals surface area contributed by atoms with E-state index in [9.17, 15) is 9.59 Å². The average molecular weight is 348 g/mol. The van der Waals surface area contributed by atoms with Crippen LogP contribution in [-0.4, -0.2) is 45.7 Å². The third kappa shape index (κ3) is 2.63. The first-order valence-electron chi connectivity index (χ1n) is 8.64. The fourth-order valence-corrected chi connectivity index (χ4v) is 3.46. The third-order valence-electron chi connectivity index (χ3n) is 4.95. The molecule has 1 aromatic carbocycles. The number of anilines is 1. The van der Waals surface area contributed by atoms with E-state index in [4.69, 9.17) is 0 Å². The molecule has 6 nitrogen and oxygen atoms in total. The molecule has 1 fully saturated rings. The molecule has 132 valence electrons. The smallest absolute Gasteiger partial charge is 0.274 e. The van der Waals surface area contributed by atoms with E-state index < -0.39 is 6.04 Å². The van der Waals surface area contributed by atoms with Gasteiger partial charge in [-0.1, -0.05) is 24.3 Å². The van der Waals surface area contributed by atoms with Gasteiger partial charge < -0.3 is 14.2 Å². The molecule has 0 radical (unpaired) electrons. The van der Waals surface area contributed by atoms with E-state index in [-0.39, 0.29) is 11.8 Å². The number of likely N-dealkylation sites (N-methyl/N-ethyl adjacent to an activating group) is 1. The molecule has 0 N–H and O–H groups in total. The molecule has 2 aromatic heterocycles. The normalized spacial score (nSPS) is 17.1. The van der Waals surface area contributed by atoms with Crippen LogP contribution in [0, 0.1) is 6.92 Å². The summed E-state index contributed by atoms with van der Waals surface area (Å²) >= 11 is 0. The number of imidazole rings is 1. The maximum atomic E-state index is 12.9. The van der Waals surface area contributed by atoms with Gasteiger partial charge in [-0.25, -0.2) is 4.98 Å². The number of amides is 2. The van der Waals surface area contributed by atoms with E-state index in [2.05, 4.69) is 4.98 Å². The Balaban J connectivity index is 1.57. The van der Waals surface area contributed by atoms with Gasteiger partial charge in [0.1, 0.15) is 17.4 Å². The molecule has 0 spiro atoms. The quantitative estimate of drug-likeness (QED) is 0.731. The Kier molecular flexibility index (Phi) is 3.95. The van der Waals surface area contributed by atoms with Crippen LogP contribution in [0.25, 0.3) is 5.65 Å².